The molecule has 1 aliphatic rings. The van der Waals surface area contributed by atoms with Crippen molar-refractivity contribution >= 4 is 5.97 Å². The van der Waals surface area contributed by atoms with Crippen molar-refractivity contribution in [1.82, 2.24) is 4.90 Å². The van der Waals surface area contributed by atoms with Gasteiger partial charge in [0.25, 0.3) is 0 Å². The van der Waals surface area contributed by atoms with E-state index in [2.05, 4.69) is 0 Å². The first-order chi connectivity index (χ1) is 5.95. The molecule has 0 radical (unpaired) electrons. The number of carboxylic acid groups (broad SMARTS) is 1. The first kappa shape index (κ1) is 10.5. The summed E-state index contributed by atoms with van der Waals surface area (Å²) in [4.78, 5) is 12.7. The number of aliphatic hydroxyl groups is 1. The van der Waals surface area contributed by atoms with Gasteiger partial charge in [0.2, 0.25) is 0 Å². The van der Waals surface area contributed by atoms with Crippen molar-refractivity contribution in [3.8, 4) is 0 Å². The van der Waals surface area contributed by atoms with E-state index >= 15 is 0 Å². The predicted octanol–water partition coefficient (Wildman–Crippen LogP) is 0.161. The topological polar surface area (TPSA) is 60.8 Å². The van der Waals surface area contributed by atoms with E-state index < -0.39 is 18.1 Å². The van der Waals surface area contributed by atoms with Crippen molar-refractivity contribution in [2.45, 2.75) is 39.0 Å². The molecule has 4 nitrogen and oxygen atoms in total. The number of rotatable bonds is 2. The molecule has 1 saturated heterocycles. The molecule has 0 unspecified atom stereocenters. The SMILES string of the molecule is CC(C)N1C[C@@H](C)[C@H](O)[C@H]1C(=O)O. The Morgan fingerprint density at radius 3 is 2.38 bits per heavy atom. The third-order valence-corrected chi connectivity index (χ3v) is 2.68. The first-order valence-electron chi connectivity index (χ1n) is 4.61. The van der Waals surface area contributed by atoms with Gasteiger partial charge < -0.3 is 10.2 Å². The van der Waals surface area contributed by atoms with Gasteiger partial charge in [-0.15, -0.1) is 0 Å². The molecule has 0 aromatic carbocycles. The van der Waals surface area contributed by atoms with Crippen LogP contribution in [0.5, 0.6) is 0 Å². The van der Waals surface area contributed by atoms with Crippen LogP contribution in [0.1, 0.15) is 20.8 Å². The van der Waals surface area contributed by atoms with Crippen LogP contribution in [0, 0.1) is 5.92 Å². The molecule has 0 aromatic heterocycles. The van der Waals surface area contributed by atoms with Gasteiger partial charge in [0, 0.05) is 12.6 Å². The molecule has 4 heteroatoms. The van der Waals surface area contributed by atoms with Crippen LogP contribution in [0.3, 0.4) is 0 Å². The Morgan fingerprint density at radius 2 is 2.08 bits per heavy atom. The van der Waals surface area contributed by atoms with E-state index in [-0.39, 0.29) is 12.0 Å². The number of hydrogen-bond donors (Lipinski definition) is 2. The average Bonchev–Trinajstić information content (AvgIpc) is 2.28. The third kappa shape index (κ3) is 1.84. The lowest BCUT2D eigenvalue weighted by Crippen LogP contribution is -2.45. The van der Waals surface area contributed by atoms with Crippen LogP contribution in [0.2, 0.25) is 0 Å². The number of aliphatic hydroxyl groups excluding tert-OH is 1. The molecule has 13 heavy (non-hydrogen) atoms. The van der Waals surface area contributed by atoms with E-state index in [0.29, 0.717) is 6.54 Å². The lowest BCUT2D eigenvalue weighted by Gasteiger charge is -2.25. The zero-order valence-corrected chi connectivity index (χ0v) is 8.27. The minimum atomic E-state index is -0.925. The highest BCUT2D eigenvalue weighted by molar-refractivity contribution is 5.74. The number of likely N-dealkylation sites (tertiary alicyclic amines) is 1. The van der Waals surface area contributed by atoms with Crippen molar-refractivity contribution in [3.05, 3.63) is 0 Å². The lowest BCUT2D eigenvalue weighted by molar-refractivity contribution is -0.145. The summed E-state index contributed by atoms with van der Waals surface area (Å²) in [5.41, 5.74) is 0. The zero-order chi connectivity index (χ0) is 10.2. The number of hydrogen-bond acceptors (Lipinski definition) is 3. The van der Waals surface area contributed by atoms with Gasteiger partial charge in [-0.05, 0) is 19.8 Å². The summed E-state index contributed by atoms with van der Waals surface area (Å²) >= 11 is 0. The van der Waals surface area contributed by atoms with Crippen LogP contribution in [0.15, 0.2) is 0 Å². The molecule has 1 rings (SSSR count). The van der Waals surface area contributed by atoms with E-state index in [9.17, 15) is 9.90 Å². The molecule has 0 amide bonds. The lowest BCUT2D eigenvalue weighted by atomic mass is 10.0. The Hall–Kier alpha value is -0.610. The molecule has 2 N–H and O–H groups in total. The molecule has 0 saturated carbocycles. The predicted molar refractivity (Wildman–Crippen MR) is 48.4 cm³/mol. The summed E-state index contributed by atoms with van der Waals surface area (Å²) in [7, 11) is 0. The van der Waals surface area contributed by atoms with Gasteiger partial charge in [-0.1, -0.05) is 6.92 Å². The molecular formula is C9H17NO3. The Morgan fingerprint density at radius 1 is 1.54 bits per heavy atom. The van der Waals surface area contributed by atoms with Crippen LogP contribution in [-0.2, 0) is 4.79 Å². The van der Waals surface area contributed by atoms with E-state index in [4.69, 9.17) is 5.11 Å². The van der Waals surface area contributed by atoms with Gasteiger partial charge in [-0.25, -0.2) is 0 Å². The van der Waals surface area contributed by atoms with Crippen LogP contribution < -0.4 is 0 Å². The van der Waals surface area contributed by atoms with Gasteiger partial charge in [0.05, 0.1) is 6.10 Å². The summed E-state index contributed by atoms with van der Waals surface area (Å²) in [6.07, 6.45) is -0.736. The smallest absolute Gasteiger partial charge is 0.323 e. The van der Waals surface area contributed by atoms with E-state index in [0.717, 1.165) is 0 Å². The minimum absolute atomic E-state index is 0.0449. The third-order valence-electron chi connectivity index (χ3n) is 2.68. The monoisotopic (exact) mass is 187 g/mol. The second-order valence-electron chi connectivity index (χ2n) is 4.04. The van der Waals surface area contributed by atoms with Crippen molar-refractivity contribution in [2.24, 2.45) is 5.92 Å². The number of carboxylic acids is 1. The van der Waals surface area contributed by atoms with Crippen LogP contribution in [0.25, 0.3) is 0 Å². The highest BCUT2D eigenvalue weighted by atomic mass is 16.4. The molecule has 1 aliphatic heterocycles. The first-order valence-corrected chi connectivity index (χ1v) is 4.61. The van der Waals surface area contributed by atoms with Gasteiger partial charge in [0.1, 0.15) is 6.04 Å². The van der Waals surface area contributed by atoms with E-state index in [1.54, 1.807) is 0 Å². The number of nitrogens with zero attached hydrogens (tertiary/aromatic N) is 1. The molecule has 1 heterocycles. The molecule has 0 aliphatic carbocycles. The molecule has 0 bridgehead atoms. The molecule has 0 aromatic rings. The van der Waals surface area contributed by atoms with Crippen molar-refractivity contribution in [2.75, 3.05) is 6.54 Å². The Balaban J connectivity index is 2.80. The Bertz CT molecular complexity index is 205. The quantitative estimate of drug-likeness (QED) is 0.646. The summed E-state index contributed by atoms with van der Waals surface area (Å²) in [5, 5.41) is 18.5. The number of carbonyl (C=O) groups is 1. The van der Waals surface area contributed by atoms with Crippen LogP contribution in [0.4, 0.5) is 0 Å². The van der Waals surface area contributed by atoms with Gasteiger partial charge >= 0.3 is 5.97 Å². The van der Waals surface area contributed by atoms with Crippen LogP contribution in [-0.4, -0.2) is 45.8 Å². The average molecular weight is 187 g/mol. The molecule has 0 spiro atoms. The Labute approximate surface area is 78.2 Å². The maximum Gasteiger partial charge on any atom is 0.323 e. The van der Waals surface area contributed by atoms with Gasteiger partial charge in [0.15, 0.2) is 0 Å². The fourth-order valence-electron chi connectivity index (χ4n) is 1.88. The molecular weight excluding hydrogens is 170 g/mol. The second-order valence-corrected chi connectivity index (χ2v) is 4.04. The Kier molecular flexibility index (Phi) is 2.93. The molecule has 1 fully saturated rings. The maximum absolute atomic E-state index is 10.9. The van der Waals surface area contributed by atoms with E-state index in [1.165, 1.54) is 0 Å². The zero-order valence-electron chi connectivity index (χ0n) is 8.27. The summed E-state index contributed by atoms with van der Waals surface area (Å²) in [6.45, 7) is 6.43. The number of aliphatic carboxylic acids is 1. The highest BCUT2D eigenvalue weighted by Gasteiger charge is 2.43. The van der Waals surface area contributed by atoms with Crippen molar-refractivity contribution < 1.29 is 15.0 Å². The van der Waals surface area contributed by atoms with E-state index in [1.807, 2.05) is 25.7 Å². The summed E-state index contributed by atoms with van der Waals surface area (Å²) in [5.74, 6) is -0.881. The van der Waals surface area contributed by atoms with Crippen molar-refractivity contribution in [1.29, 1.82) is 0 Å². The minimum Gasteiger partial charge on any atom is -0.480 e. The largest absolute Gasteiger partial charge is 0.480 e. The van der Waals surface area contributed by atoms with Crippen molar-refractivity contribution in [3.63, 3.8) is 0 Å². The fourth-order valence-corrected chi connectivity index (χ4v) is 1.88. The highest BCUT2D eigenvalue weighted by Crippen LogP contribution is 2.25. The maximum atomic E-state index is 10.9. The van der Waals surface area contributed by atoms with Gasteiger partial charge in [-0.2, -0.15) is 0 Å². The summed E-state index contributed by atoms with van der Waals surface area (Å²) in [6, 6.07) is -0.560. The standard InChI is InChI=1S/C9H17NO3/c1-5(2)10-4-6(3)8(11)7(10)9(12)13/h5-8,11H,4H2,1-3H3,(H,12,13)/t6-,7+,8+/m1/s1. The molecule has 3 atom stereocenters. The fraction of sp³-hybridized carbons (Fsp3) is 0.889. The normalized spacial score (nSPS) is 35.6. The molecule has 76 valence electrons. The van der Waals surface area contributed by atoms with Crippen LogP contribution >= 0.6 is 0 Å². The van der Waals surface area contributed by atoms with Gasteiger partial charge in [-0.3, -0.25) is 9.69 Å². The second kappa shape index (κ2) is 3.64. The summed E-state index contributed by atoms with van der Waals surface area (Å²) < 4.78 is 0.